The molecule has 2 heterocycles. The molecule has 2 aromatic heterocycles. The summed E-state index contributed by atoms with van der Waals surface area (Å²) in [5, 5.41) is 0. The Bertz CT molecular complexity index is 759. The number of aromatic amines is 1. The van der Waals surface area contributed by atoms with Crippen LogP contribution in [0.1, 0.15) is 0 Å². The Morgan fingerprint density at radius 2 is 2.12 bits per heavy atom. The van der Waals surface area contributed by atoms with Crippen LogP contribution in [0.5, 0.6) is 0 Å². The molecule has 0 saturated heterocycles. The van der Waals surface area contributed by atoms with Crippen LogP contribution in [0.25, 0.3) is 16.8 Å². The van der Waals surface area contributed by atoms with Crippen molar-refractivity contribution < 1.29 is 8.83 Å². The third-order valence-corrected chi connectivity index (χ3v) is 2.26. The minimum atomic E-state index is -0.556. The third-order valence-electron chi connectivity index (χ3n) is 2.26. The zero-order chi connectivity index (χ0) is 11.1. The highest BCUT2D eigenvalue weighted by Crippen LogP contribution is 2.18. The van der Waals surface area contributed by atoms with Crippen molar-refractivity contribution in [2.24, 2.45) is 0 Å². The number of nitrogens with zero attached hydrogens (tertiary/aromatic N) is 1. The summed E-state index contributed by atoms with van der Waals surface area (Å²) in [7, 11) is 0. The van der Waals surface area contributed by atoms with Crippen molar-refractivity contribution in [3.8, 4) is 5.69 Å². The SMILES string of the molecule is O=c1[nH]c2cccc(-n3ccoc3=O)c2o1. The van der Waals surface area contributed by atoms with Crippen molar-refractivity contribution in [3.05, 3.63) is 51.8 Å². The van der Waals surface area contributed by atoms with Gasteiger partial charge in [-0.1, -0.05) is 6.07 Å². The van der Waals surface area contributed by atoms with E-state index in [1.807, 2.05) is 0 Å². The van der Waals surface area contributed by atoms with Gasteiger partial charge in [0.05, 0.1) is 17.4 Å². The summed E-state index contributed by atoms with van der Waals surface area (Å²) in [5.41, 5.74) is 1.33. The maximum Gasteiger partial charge on any atom is 0.423 e. The lowest BCUT2D eigenvalue weighted by Crippen LogP contribution is -2.10. The Kier molecular flexibility index (Phi) is 1.64. The van der Waals surface area contributed by atoms with Gasteiger partial charge in [-0.15, -0.1) is 0 Å². The fraction of sp³-hybridized carbons (Fsp3) is 0. The second-order valence-corrected chi connectivity index (χ2v) is 3.21. The van der Waals surface area contributed by atoms with E-state index in [0.717, 1.165) is 0 Å². The zero-order valence-corrected chi connectivity index (χ0v) is 7.97. The van der Waals surface area contributed by atoms with Crippen molar-refractivity contribution >= 4 is 11.1 Å². The highest BCUT2D eigenvalue weighted by molar-refractivity contribution is 5.81. The van der Waals surface area contributed by atoms with E-state index in [1.165, 1.54) is 17.0 Å². The molecule has 0 radical (unpaired) electrons. The summed E-state index contributed by atoms with van der Waals surface area (Å²) in [6, 6.07) is 5.06. The topological polar surface area (TPSA) is 81.1 Å². The molecule has 0 spiro atoms. The van der Waals surface area contributed by atoms with Crippen LogP contribution in [0.4, 0.5) is 0 Å². The molecule has 0 unspecified atom stereocenters. The van der Waals surface area contributed by atoms with Crippen LogP contribution < -0.4 is 11.5 Å². The smallest absolute Gasteiger partial charge is 0.416 e. The van der Waals surface area contributed by atoms with Crippen molar-refractivity contribution in [1.82, 2.24) is 9.55 Å². The van der Waals surface area contributed by atoms with Crippen LogP contribution >= 0.6 is 0 Å². The fourth-order valence-electron chi connectivity index (χ4n) is 1.59. The molecule has 3 aromatic rings. The molecule has 0 bridgehead atoms. The predicted octanol–water partition coefficient (Wildman–Crippen LogP) is 0.865. The lowest BCUT2D eigenvalue weighted by atomic mass is 10.3. The van der Waals surface area contributed by atoms with E-state index >= 15 is 0 Å². The largest absolute Gasteiger partial charge is 0.423 e. The van der Waals surface area contributed by atoms with Crippen LogP contribution in [0.15, 0.2) is 49.1 Å². The highest BCUT2D eigenvalue weighted by Gasteiger charge is 2.10. The molecule has 80 valence electrons. The fourth-order valence-corrected chi connectivity index (χ4v) is 1.59. The Hall–Kier alpha value is -2.50. The van der Waals surface area contributed by atoms with Gasteiger partial charge in [-0.3, -0.25) is 4.98 Å². The number of fused-ring (bicyclic) bond motifs is 1. The van der Waals surface area contributed by atoms with Crippen molar-refractivity contribution in [2.75, 3.05) is 0 Å². The van der Waals surface area contributed by atoms with Gasteiger partial charge in [0.1, 0.15) is 6.26 Å². The zero-order valence-electron chi connectivity index (χ0n) is 7.97. The van der Waals surface area contributed by atoms with Crippen LogP contribution in [-0.4, -0.2) is 9.55 Å². The maximum absolute atomic E-state index is 11.3. The molecule has 0 aliphatic rings. The number of H-pyrrole nitrogens is 1. The molecule has 0 saturated carbocycles. The molecule has 0 atom stereocenters. The average molecular weight is 218 g/mol. The van der Waals surface area contributed by atoms with Gasteiger partial charge >= 0.3 is 11.5 Å². The van der Waals surface area contributed by atoms with E-state index in [9.17, 15) is 9.59 Å². The normalized spacial score (nSPS) is 11.0. The number of hydrogen-bond donors (Lipinski definition) is 1. The second-order valence-electron chi connectivity index (χ2n) is 3.21. The molecule has 0 aliphatic carbocycles. The van der Waals surface area contributed by atoms with Gasteiger partial charge in [0.2, 0.25) is 0 Å². The molecule has 0 aliphatic heterocycles. The molecular formula is C10H6N2O4. The van der Waals surface area contributed by atoms with E-state index in [4.69, 9.17) is 4.42 Å². The minimum absolute atomic E-state index is 0.330. The molecular weight excluding hydrogens is 212 g/mol. The summed E-state index contributed by atoms with van der Waals surface area (Å²) in [6.45, 7) is 0. The summed E-state index contributed by atoms with van der Waals surface area (Å²) < 4.78 is 10.9. The van der Waals surface area contributed by atoms with E-state index in [0.29, 0.717) is 16.8 Å². The standard InChI is InChI=1S/C10H6N2O4/c13-9-11-6-2-1-3-7(8(6)16-9)12-4-5-15-10(12)14/h1-5H,(H,11,13). The van der Waals surface area contributed by atoms with Crippen LogP contribution in [-0.2, 0) is 0 Å². The number of nitrogens with one attached hydrogen (secondary N) is 1. The minimum Gasteiger partial charge on any atom is -0.416 e. The number of oxazole rings is 2. The van der Waals surface area contributed by atoms with Crippen molar-refractivity contribution in [3.63, 3.8) is 0 Å². The average Bonchev–Trinajstić information content (AvgIpc) is 2.82. The summed E-state index contributed by atoms with van der Waals surface area (Å²) in [4.78, 5) is 24.9. The van der Waals surface area contributed by atoms with E-state index in [1.54, 1.807) is 18.2 Å². The van der Waals surface area contributed by atoms with Gasteiger partial charge in [-0.25, -0.2) is 14.2 Å². The molecule has 1 aromatic carbocycles. The third kappa shape index (κ3) is 1.13. The lowest BCUT2D eigenvalue weighted by molar-refractivity contribution is 0.502. The van der Waals surface area contributed by atoms with Gasteiger partial charge in [0, 0.05) is 0 Å². The Labute approximate surface area is 87.7 Å². The summed E-state index contributed by atoms with van der Waals surface area (Å²) >= 11 is 0. The Morgan fingerprint density at radius 3 is 2.88 bits per heavy atom. The number of para-hydroxylation sites is 1. The number of hydrogen-bond acceptors (Lipinski definition) is 4. The van der Waals surface area contributed by atoms with E-state index in [2.05, 4.69) is 9.40 Å². The van der Waals surface area contributed by atoms with E-state index < -0.39 is 11.5 Å². The molecule has 0 amide bonds. The monoisotopic (exact) mass is 218 g/mol. The quantitative estimate of drug-likeness (QED) is 0.656. The maximum atomic E-state index is 11.3. The predicted molar refractivity (Wildman–Crippen MR) is 54.7 cm³/mol. The number of benzene rings is 1. The molecule has 6 heteroatoms. The first-order valence-corrected chi connectivity index (χ1v) is 4.54. The van der Waals surface area contributed by atoms with Crippen LogP contribution in [0.2, 0.25) is 0 Å². The highest BCUT2D eigenvalue weighted by atomic mass is 16.4. The molecule has 1 N–H and O–H groups in total. The molecule has 3 rings (SSSR count). The molecule has 0 fully saturated rings. The number of aromatic nitrogens is 2. The van der Waals surface area contributed by atoms with Crippen molar-refractivity contribution in [2.45, 2.75) is 0 Å². The van der Waals surface area contributed by atoms with Crippen LogP contribution in [0, 0.1) is 0 Å². The van der Waals surface area contributed by atoms with Crippen molar-refractivity contribution in [1.29, 1.82) is 0 Å². The van der Waals surface area contributed by atoms with Gasteiger partial charge in [0.15, 0.2) is 5.58 Å². The first-order chi connectivity index (χ1) is 7.75. The first-order valence-electron chi connectivity index (χ1n) is 4.54. The Balaban J connectivity index is 2.44. The van der Waals surface area contributed by atoms with Gasteiger partial charge < -0.3 is 8.83 Å². The molecule has 16 heavy (non-hydrogen) atoms. The van der Waals surface area contributed by atoms with Gasteiger partial charge in [-0.2, -0.15) is 0 Å². The Morgan fingerprint density at radius 1 is 1.25 bits per heavy atom. The van der Waals surface area contributed by atoms with Crippen LogP contribution in [0.3, 0.4) is 0 Å². The number of rotatable bonds is 1. The summed E-state index contributed by atoms with van der Waals surface area (Å²) in [6.07, 6.45) is 2.73. The first kappa shape index (κ1) is 8.78. The van der Waals surface area contributed by atoms with Gasteiger partial charge in [0.25, 0.3) is 0 Å². The van der Waals surface area contributed by atoms with Gasteiger partial charge in [-0.05, 0) is 12.1 Å². The second kappa shape index (κ2) is 2.99. The van der Waals surface area contributed by atoms with E-state index in [-0.39, 0.29) is 0 Å². The molecule has 6 nitrogen and oxygen atoms in total. The summed E-state index contributed by atoms with van der Waals surface area (Å²) in [5.74, 6) is -1.09. The lowest BCUT2D eigenvalue weighted by Gasteiger charge is -1.98.